The van der Waals surface area contributed by atoms with E-state index in [0.29, 0.717) is 16.8 Å². The van der Waals surface area contributed by atoms with Crippen LogP contribution in [0.3, 0.4) is 0 Å². The van der Waals surface area contributed by atoms with Crippen LogP contribution in [0.15, 0.2) is 88.1 Å². The molecule has 5 nitrogen and oxygen atoms in total. The molecule has 134 valence electrons. The van der Waals surface area contributed by atoms with Gasteiger partial charge in [0.2, 0.25) is 5.69 Å². The molecule has 5 heteroatoms. The lowest BCUT2D eigenvalue weighted by atomic mass is 10.1. The number of nitrogens with one attached hydrogen (secondary N) is 1. The Balaban J connectivity index is 1.60. The highest BCUT2D eigenvalue weighted by Crippen LogP contribution is 2.25. The van der Waals surface area contributed by atoms with Gasteiger partial charge >= 0.3 is 5.63 Å². The van der Waals surface area contributed by atoms with Crippen LogP contribution >= 0.6 is 0 Å². The predicted octanol–water partition coefficient (Wildman–Crippen LogP) is 4.75. The first-order chi connectivity index (χ1) is 13.7. The van der Waals surface area contributed by atoms with Gasteiger partial charge in [0.15, 0.2) is 5.58 Å². The van der Waals surface area contributed by atoms with E-state index in [0.717, 1.165) is 21.5 Å². The summed E-state index contributed by atoms with van der Waals surface area (Å²) in [5.41, 5.74) is 0.423. The summed E-state index contributed by atoms with van der Waals surface area (Å²) in [5.74, 6) is -0.597. The maximum atomic E-state index is 12.8. The van der Waals surface area contributed by atoms with E-state index < -0.39 is 11.5 Å². The summed E-state index contributed by atoms with van der Waals surface area (Å²) in [6.45, 7) is 0. The minimum atomic E-state index is -0.762. The Labute approximate surface area is 159 Å². The highest BCUT2D eigenvalue weighted by molar-refractivity contribution is 6.09. The maximum Gasteiger partial charge on any atom is 0.368 e. The lowest BCUT2D eigenvalue weighted by Crippen LogP contribution is -2.23. The van der Waals surface area contributed by atoms with Gasteiger partial charge in [-0.25, -0.2) is 9.78 Å². The van der Waals surface area contributed by atoms with Gasteiger partial charge in [-0.05, 0) is 22.9 Å². The lowest BCUT2D eigenvalue weighted by molar-refractivity contribution is 0.101. The fourth-order valence-electron chi connectivity index (χ4n) is 3.39. The number of anilines is 1. The number of aromatic nitrogens is 1. The molecule has 1 N–H and O–H groups in total. The molecule has 0 atom stereocenters. The summed E-state index contributed by atoms with van der Waals surface area (Å²) >= 11 is 0. The van der Waals surface area contributed by atoms with Crippen LogP contribution in [0.2, 0.25) is 0 Å². The molecule has 0 aliphatic rings. The van der Waals surface area contributed by atoms with E-state index in [1.54, 1.807) is 12.1 Å². The van der Waals surface area contributed by atoms with Crippen LogP contribution in [0.1, 0.15) is 10.5 Å². The molecule has 0 fully saturated rings. The number of carbonyl (C=O) groups excluding carboxylic acids is 1. The average molecular weight is 366 g/mol. The third-order valence-electron chi connectivity index (χ3n) is 4.73. The van der Waals surface area contributed by atoms with E-state index >= 15 is 0 Å². The van der Waals surface area contributed by atoms with E-state index in [9.17, 15) is 9.59 Å². The first-order valence-electron chi connectivity index (χ1n) is 8.82. The van der Waals surface area contributed by atoms with Gasteiger partial charge in [-0.2, -0.15) is 0 Å². The molecule has 0 radical (unpaired) electrons. The van der Waals surface area contributed by atoms with E-state index in [4.69, 9.17) is 4.42 Å². The fourth-order valence-corrected chi connectivity index (χ4v) is 3.39. The van der Waals surface area contributed by atoms with Gasteiger partial charge < -0.3 is 9.73 Å². The number of hydrogen-bond donors (Lipinski definition) is 1. The minimum Gasteiger partial charge on any atom is -0.419 e. The first-order valence-corrected chi connectivity index (χ1v) is 8.82. The van der Waals surface area contributed by atoms with Gasteiger partial charge in [0.05, 0.1) is 0 Å². The molecule has 4 aromatic carbocycles. The van der Waals surface area contributed by atoms with Crippen LogP contribution in [-0.2, 0) is 0 Å². The molecule has 0 aliphatic carbocycles. The van der Waals surface area contributed by atoms with Gasteiger partial charge in [-0.15, -0.1) is 0 Å². The molecule has 0 aliphatic heterocycles. The number of carbonyl (C=O) groups is 1. The molecule has 0 saturated heterocycles. The molecule has 0 bridgehead atoms. The second-order valence-corrected chi connectivity index (χ2v) is 6.47. The second-order valence-electron chi connectivity index (χ2n) is 6.47. The smallest absolute Gasteiger partial charge is 0.368 e. The van der Waals surface area contributed by atoms with Crippen molar-refractivity contribution >= 4 is 44.2 Å². The third kappa shape index (κ3) is 2.61. The van der Waals surface area contributed by atoms with Crippen molar-refractivity contribution in [1.29, 1.82) is 0 Å². The van der Waals surface area contributed by atoms with Crippen LogP contribution in [0.25, 0.3) is 32.6 Å². The Kier molecular flexibility index (Phi) is 3.66. The number of benzene rings is 4. The van der Waals surface area contributed by atoms with Crippen molar-refractivity contribution in [3.63, 3.8) is 0 Å². The first kappa shape index (κ1) is 16.2. The number of amides is 1. The van der Waals surface area contributed by atoms with Gasteiger partial charge in [0.25, 0.3) is 5.91 Å². The maximum absolute atomic E-state index is 12.8. The molecule has 0 saturated carbocycles. The van der Waals surface area contributed by atoms with Crippen molar-refractivity contribution in [2.45, 2.75) is 0 Å². The molecule has 1 aromatic heterocycles. The normalized spacial score (nSPS) is 11.1. The molecule has 1 amide bonds. The minimum absolute atomic E-state index is 0.268. The number of hydrogen-bond acceptors (Lipinski definition) is 4. The third-order valence-corrected chi connectivity index (χ3v) is 4.73. The van der Waals surface area contributed by atoms with Crippen LogP contribution in [0.5, 0.6) is 0 Å². The zero-order chi connectivity index (χ0) is 19.1. The van der Waals surface area contributed by atoms with E-state index in [2.05, 4.69) is 10.3 Å². The molecular weight excluding hydrogens is 352 g/mol. The van der Waals surface area contributed by atoms with Crippen LogP contribution < -0.4 is 10.9 Å². The summed E-state index contributed by atoms with van der Waals surface area (Å²) in [4.78, 5) is 29.5. The van der Waals surface area contributed by atoms with E-state index in [1.807, 2.05) is 66.7 Å². The lowest BCUT2D eigenvalue weighted by Gasteiger charge is -2.08. The summed E-state index contributed by atoms with van der Waals surface area (Å²) in [5, 5.41) is 6.38. The average Bonchev–Trinajstić information content (AvgIpc) is 2.73. The number of rotatable bonds is 2. The summed E-state index contributed by atoms with van der Waals surface area (Å²) in [7, 11) is 0. The standard InChI is InChI=1S/C23H14N2O3/c26-22(25-18-11-5-8-14-6-1-3-9-16(14)18)20-23(27)28-21-17-10-4-2-7-15(17)12-13-19(21)24-20/h1-13H,(H,25,26). The van der Waals surface area contributed by atoms with Crippen LogP contribution in [0.4, 0.5) is 5.69 Å². The van der Waals surface area contributed by atoms with Gasteiger partial charge in [0.1, 0.15) is 5.52 Å². The zero-order valence-corrected chi connectivity index (χ0v) is 14.7. The van der Waals surface area contributed by atoms with E-state index in [-0.39, 0.29) is 5.69 Å². The van der Waals surface area contributed by atoms with Crippen molar-refractivity contribution in [2.24, 2.45) is 0 Å². The second kappa shape index (κ2) is 6.32. The zero-order valence-electron chi connectivity index (χ0n) is 14.7. The van der Waals surface area contributed by atoms with Gasteiger partial charge in [-0.1, -0.05) is 66.7 Å². The number of fused-ring (bicyclic) bond motifs is 4. The monoisotopic (exact) mass is 366 g/mol. The summed E-state index contributed by atoms with van der Waals surface area (Å²) in [6.07, 6.45) is 0. The molecule has 0 spiro atoms. The Bertz CT molecular complexity index is 1430. The quantitative estimate of drug-likeness (QED) is 0.458. The Hall–Kier alpha value is -3.99. The van der Waals surface area contributed by atoms with Crippen molar-refractivity contribution in [1.82, 2.24) is 4.98 Å². The fraction of sp³-hybridized carbons (Fsp3) is 0. The number of nitrogens with zero attached hydrogens (tertiary/aromatic N) is 1. The Morgan fingerprint density at radius 3 is 2.29 bits per heavy atom. The van der Waals surface area contributed by atoms with Crippen molar-refractivity contribution in [2.75, 3.05) is 5.32 Å². The van der Waals surface area contributed by atoms with E-state index in [1.165, 1.54) is 0 Å². The molecule has 0 unspecified atom stereocenters. The summed E-state index contributed by atoms with van der Waals surface area (Å²) < 4.78 is 5.47. The highest BCUT2D eigenvalue weighted by atomic mass is 16.4. The predicted molar refractivity (Wildman–Crippen MR) is 110 cm³/mol. The molecule has 28 heavy (non-hydrogen) atoms. The van der Waals surface area contributed by atoms with Crippen molar-refractivity contribution in [3.8, 4) is 0 Å². The topological polar surface area (TPSA) is 72.2 Å². The Morgan fingerprint density at radius 1 is 0.786 bits per heavy atom. The molecule has 1 heterocycles. The highest BCUT2D eigenvalue weighted by Gasteiger charge is 2.17. The van der Waals surface area contributed by atoms with Crippen LogP contribution in [0, 0.1) is 0 Å². The van der Waals surface area contributed by atoms with Crippen LogP contribution in [-0.4, -0.2) is 10.9 Å². The van der Waals surface area contributed by atoms with Crippen molar-refractivity contribution in [3.05, 3.63) is 95.0 Å². The van der Waals surface area contributed by atoms with Gasteiger partial charge in [0, 0.05) is 16.5 Å². The Morgan fingerprint density at radius 2 is 1.46 bits per heavy atom. The molecular formula is C23H14N2O3. The largest absolute Gasteiger partial charge is 0.419 e. The SMILES string of the molecule is O=C(Nc1cccc2ccccc12)c1nc2ccc3ccccc3c2oc1=O. The summed E-state index contributed by atoms with van der Waals surface area (Å²) in [6, 6.07) is 24.5. The van der Waals surface area contributed by atoms with Gasteiger partial charge in [-0.3, -0.25) is 4.79 Å². The molecule has 5 rings (SSSR count). The van der Waals surface area contributed by atoms with Crippen molar-refractivity contribution < 1.29 is 9.21 Å². The molecule has 5 aromatic rings.